The summed E-state index contributed by atoms with van der Waals surface area (Å²) in [6.07, 6.45) is 3.11. The molecule has 1 aliphatic heterocycles. The topological polar surface area (TPSA) is 52.6 Å². The second kappa shape index (κ2) is 5.83. The number of hydrogen-bond donors (Lipinski definition) is 2. The molecular weight excluding hydrogens is 216 g/mol. The van der Waals surface area contributed by atoms with Crippen molar-refractivity contribution in [1.29, 1.82) is 0 Å². The van der Waals surface area contributed by atoms with E-state index in [1.165, 1.54) is 12.8 Å². The molecule has 100 valence electrons. The maximum Gasteiger partial charge on any atom is 0.323 e. The molecule has 0 bridgehead atoms. The first-order valence-electron chi connectivity index (χ1n) is 6.55. The summed E-state index contributed by atoms with van der Waals surface area (Å²) < 4.78 is 0. The average Bonchev–Trinajstić information content (AvgIpc) is 2.29. The fraction of sp³-hybridized carbons (Fsp3) is 0.923. The van der Waals surface area contributed by atoms with Gasteiger partial charge in [0.05, 0.1) is 0 Å². The molecule has 2 N–H and O–H groups in total. The molecule has 1 heterocycles. The lowest BCUT2D eigenvalue weighted by Crippen LogP contribution is -2.52. The second-order valence-electron chi connectivity index (χ2n) is 5.66. The van der Waals surface area contributed by atoms with Crippen LogP contribution in [0.5, 0.6) is 0 Å². The molecule has 2 atom stereocenters. The van der Waals surface area contributed by atoms with E-state index in [2.05, 4.69) is 24.1 Å². The van der Waals surface area contributed by atoms with Crippen molar-refractivity contribution in [3.63, 3.8) is 0 Å². The summed E-state index contributed by atoms with van der Waals surface area (Å²) >= 11 is 0. The van der Waals surface area contributed by atoms with Gasteiger partial charge in [-0.2, -0.15) is 0 Å². The van der Waals surface area contributed by atoms with E-state index < -0.39 is 11.5 Å². The predicted molar refractivity (Wildman–Crippen MR) is 69.2 cm³/mol. The molecule has 1 aliphatic rings. The van der Waals surface area contributed by atoms with Crippen LogP contribution in [-0.4, -0.2) is 47.7 Å². The number of hydrogen-bond acceptors (Lipinski definition) is 3. The summed E-state index contributed by atoms with van der Waals surface area (Å²) in [4.78, 5) is 13.7. The minimum absolute atomic E-state index is 0.316. The minimum Gasteiger partial charge on any atom is -0.480 e. The van der Waals surface area contributed by atoms with Crippen molar-refractivity contribution >= 4 is 5.97 Å². The van der Waals surface area contributed by atoms with Crippen LogP contribution in [0.25, 0.3) is 0 Å². The molecule has 0 radical (unpaired) electrons. The minimum atomic E-state index is -0.817. The van der Waals surface area contributed by atoms with Crippen molar-refractivity contribution in [3.8, 4) is 0 Å². The van der Waals surface area contributed by atoms with Gasteiger partial charge in [0.15, 0.2) is 0 Å². The van der Waals surface area contributed by atoms with Gasteiger partial charge in [-0.15, -0.1) is 0 Å². The number of rotatable bonds is 5. The standard InChI is InChI=1S/C13H26N2O2/c1-10-5-7-15(8-6-10)11(2)9-13(3,14-4)12(16)17/h10-11,14H,5-9H2,1-4H3,(H,16,17). The number of nitrogens with one attached hydrogen (secondary N) is 1. The Morgan fingerprint density at radius 3 is 2.47 bits per heavy atom. The quantitative estimate of drug-likeness (QED) is 0.768. The van der Waals surface area contributed by atoms with E-state index in [1.807, 2.05) is 0 Å². The van der Waals surface area contributed by atoms with Crippen molar-refractivity contribution in [2.24, 2.45) is 5.92 Å². The van der Waals surface area contributed by atoms with Crippen molar-refractivity contribution in [3.05, 3.63) is 0 Å². The van der Waals surface area contributed by atoms with Crippen molar-refractivity contribution in [2.75, 3.05) is 20.1 Å². The maximum atomic E-state index is 11.2. The van der Waals surface area contributed by atoms with Gasteiger partial charge in [0, 0.05) is 6.04 Å². The van der Waals surface area contributed by atoms with Crippen LogP contribution in [0.15, 0.2) is 0 Å². The van der Waals surface area contributed by atoms with Crippen LogP contribution >= 0.6 is 0 Å². The number of piperidine rings is 1. The number of carbonyl (C=O) groups is 1. The largest absolute Gasteiger partial charge is 0.480 e. The van der Waals surface area contributed by atoms with Gasteiger partial charge < -0.3 is 15.3 Å². The van der Waals surface area contributed by atoms with Crippen LogP contribution in [0.1, 0.15) is 40.0 Å². The summed E-state index contributed by atoms with van der Waals surface area (Å²) in [7, 11) is 1.72. The number of carboxylic acids is 1. The number of aliphatic carboxylic acids is 1. The van der Waals surface area contributed by atoms with Gasteiger partial charge in [-0.25, -0.2) is 0 Å². The van der Waals surface area contributed by atoms with Gasteiger partial charge in [0.1, 0.15) is 5.54 Å². The molecule has 4 heteroatoms. The third-order valence-corrected chi connectivity index (χ3v) is 4.17. The second-order valence-corrected chi connectivity index (χ2v) is 5.66. The van der Waals surface area contributed by atoms with Gasteiger partial charge in [-0.1, -0.05) is 6.92 Å². The molecule has 1 rings (SSSR count). The maximum absolute atomic E-state index is 11.2. The molecule has 2 unspecified atom stereocenters. The van der Waals surface area contributed by atoms with Gasteiger partial charge in [0.2, 0.25) is 0 Å². The highest BCUT2D eigenvalue weighted by atomic mass is 16.4. The molecular formula is C13H26N2O2. The normalized spacial score (nSPS) is 24.2. The van der Waals surface area contributed by atoms with Gasteiger partial charge in [-0.3, -0.25) is 4.79 Å². The Morgan fingerprint density at radius 1 is 1.53 bits per heavy atom. The zero-order valence-electron chi connectivity index (χ0n) is 11.5. The molecule has 4 nitrogen and oxygen atoms in total. The van der Waals surface area contributed by atoms with Crippen LogP contribution in [-0.2, 0) is 4.79 Å². The predicted octanol–water partition coefficient (Wildman–Crippen LogP) is 1.56. The first-order chi connectivity index (χ1) is 7.89. The molecule has 17 heavy (non-hydrogen) atoms. The van der Waals surface area contributed by atoms with Gasteiger partial charge >= 0.3 is 5.97 Å². The van der Waals surface area contributed by atoms with Crippen LogP contribution in [0, 0.1) is 5.92 Å². The Bertz CT molecular complexity index is 262. The average molecular weight is 242 g/mol. The van der Waals surface area contributed by atoms with E-state index in [1.54, 1.807) is 14.0 Å². The molecule has 1 fully saturated rings. The molecule has 0 amide bonds. The fourth-order valence-electron chi connectivity index (χ4n) is 2.49. The SMILES string of the molecule is CNC(C)(CC(C)N1CCC(C)CC1)C(=O)O. The Kier molecular flexibility index (Phi) is 4.95. The number of likely N-dealkylation sites (N-methyl/N-ethyl adjacent to an activating group) is 1. The van der Waals surface area contributed by atoms with E-state index in [0.717, 1.165) is 19.0 Å². The summed E-state index contributed by atoms with van der Waals surface area (Å²) in [5.41, 5.74) is -0.817. The third kappa shape index (κ3) is 3.68. The Morgan fingerprint density at radius 2 is 2.06 bits per heavy atom. The van der Waals surface area contributed by atoms with Crippen LogP contribution in [0.3, 0.4) is 0 Å². The first kappa shape index (κ1) is 14.5. The lowest BCUT2D eigenvalue weighted by Gasteiger charge is -2.38. The molecule has 0 aromatic rings. The lowest BCUT2D eigenvalue weighted by molar-refractivity contribution is -0.144. The van der Waals surface area contributed by atoms with Crippen molar-refractivity contribution in [1.82, 2.24) is 10.2 Å². The third-order valence-electron chi connectivity index (χ3n) is 4.17. The summed E-state index contributed by atoms with van der Waals surface area (Å²) in [5.74, 6) is 0.0471. The van der Waals surface area contributed by atoms with Crippen LogP contribution < -0.4 is 5.32 Å². The van der Waals surface area contributed by atoms with E-state index >= 15 is 0 Å². The summed E-state index contributed by atoms with van der Waals surface area (Å²) in [6.45, 7) is 8.38. The highest BCUT2D eigenvalue weighted by Gasteiger charge is 2.35. The van der Waals surface area contributed by atoms with Gasteiger partial charge in [-0.05, 0) is 59.2 Å². The number of likely N-dealkylation sites (tertiary alicyclic amines) is 1. The Hall–Kier alpha value is -0.610. The lowest BCUT2D eigenvalue weighted by atomic mass is 9.91. The highest BCUT2D eigenvalue weighted by molar-refractivity contribution is 5.78. The monoisotopic (exact) mass is 242 g/mol. The fourth-order valence-corrected chi connectivity index (χ4v) is 2.49. The van der Waals surface area contributed by atoms with Crippen molar-refractivity contribution in [2.45, 2.75) is 51.6 Å². The van der Waals surface area contributed by atoms with E-state index in [9.17, 15) is 9.90 Å². The number of nitrogens with zero attached hydrogens (tertiary/aromatic N) is 1. The molecule has 0 aromatic carbocycles. The summed E-state index contributed by atoms with van der Waals surface area (Å²) in [6, 6.07) is 0.316. The highest BCUT2D eigenvalue weighted by Crippen LogP contribution is 2.22. The smallest absolute Gasteiger partial charge is 0.323 e. The molecule has 0 spiro atoms. The zero-order chi connectivity index (χ0) is 13.1. The molecule has 0 aromatic heterocycles. The van der Waals surface area contributed by atoms with Gasteiger partial charge in [0.25, 0.3) is 0 Å². The van der Waals surface area contributed by atoms with E-state index in [4.69, 9.17) is 0 Å². The Labute approximate surface area is 104 Å². The van der Waals surface area contributed by atoms with E-state index in [0.29, 0.717) is 12.5 Å². The summed E-state index contributed by atoms with van der Waals surface area (Å²) in [5, 5.41) is 12.2. The molecule has 0 aliphatic carbocycles. The molecule has 0 saturated carbocycles. The number of carboxylic acid groups (broad SMARTS) is 1. The van der Waals surface area contributed by atoms with E-state index in [-0.39, 0.29) is 0 Å². The van der Waals surface area contributed by atoms with Crippen LogP contribution in [0.4, 0.5) is 0 Å². The molecule has 1 saturated heterocycles. The Balaban J connectivity index is 2.53. The van der Waals surface area contributed by atoms with Crippen molar-refractivity contribution < 1.29 is 9.90 Å². The van der Waals surface area contributed by atoms with Crippen LogP contribution in [0.2, 0.25) is 0 Å². The zero-order valence-corrected chi connectivity index (χ0v) is 11.5. The first-order valence-corrected chi connectivity index (χ1v) is 6.55.